The first-order valence-corrected chi connectivity index (χ1v) is 11.0. The highest BCUT2D eigenvalue weighted by Crippen LogP contribution is 2.38. The van der Waals surface area contributed by atoms with Crippen LogP contribution in [0.25, 0.3) is 6.08 Å². The van der Waals surface area contributed by atoms with Crippen LogP contribution in [-0.4, -0.2) is 36.6 Å². The number of hydrogen-bond acceptors (Lipinski definition) is 6. The fourth-order valence-electron chi connectivity index (χ4n) is 2.79. The molecule has 3 amide bonds. The highest BCUT2D eigenvalue weighted by Gasteiger charge is 2.23. The van der Waals surface area contributed by atoms with Crippen molar-refractivity contribution in [1.82, 2.24) is 5.32 Å². The van der Waals surface area contributed by atoms with Crippen LogP contribution in [0, 0.1) is 6.92 Å². The van der Waals surface area contributed by atoms with Crippen molar-refractivity contribution in [3.8, 4) is 11.5 Å². The van der Waals surface area contributed by atoms with Crippen LogP contribution in [-0.2, 0) is 14.4 Å². The SMILES string of the molecule is COc1cc(/C=C2\SC(NC(C)=O)=NC2=O)cc(Br)c1OCC(=O)Nc1cccc(C)c1. The first-order valence-electron chi connectivity index (χ1n) is 9.42. The standard InChI is InChI=1S/C22H20BrN3O5S/c1-12-5-4-6-15(7-12)25-19(28)11-31-20-16(23)8-14(9-17(20)30-3)10-18-21(29)26-22(32-18)24-13(2)27/h4-10H,11H2,1-3H3,(H,25,28)(H,24,26,27,29)/b18-10-. The number of anilines is 1. The molecule has 1 aliphatic rings. The number of thioether (sulfide) groups is 1. The minimum atomic E-state index is -0.443. The van der Waals surface area contributed by atoms with Crippen LogP contribution in [0.1, 0.15) is 18.1 Å². The van der Waals surface area contributed by atoms with E-state index in [1.807, 2.05) is 25.1 Å². The summed E-state index contributed by atoms with van der Waals surface area (Å²) >= 11 is 4.50. The summed E-state index contributed by atoms with van der Waals surface area (Å²) in [7, 11) is 1.48. The number of hydrogen-bond donors (Lipinski definition) is 2. The largest absolute Gasteiger partial charge is 0.493 e. The Morgan fingerprint density at radius 1 is 1.22 bits per heavy atom. The molecule has 0 bridgehead atoms. The van der Waals surface area contributed by atoms with Crippen LogP contribution in [0.2, 0.25) is 0 Å². The van der Waals surface area contributed by atoms with Gasteiger partial charge in [0.15, 0.2) is 23.3 Å². The zero-order valence-electron chi connectivity index (χ0n) is 17.5. The van der Waals surface area contributed by atoms with Crippen molar-refractivity contribution < 1.29 is 23.9 Å². The molecule has 166 valence electrons. The lowest BCUT2D eigenvalue weighted by Crippen LogP contribution is -2.23. The summed E-state index contributed by atoms with van der Waals surface area (Å²) < 4.78 is 11.6. The van der Waals surface area contributed by atoms with Gasteiger partial charge in [0.1, 0.15) is 0 Å². The van der Waals surface area contributed by atoms with E-state index >= 15 is 0 Å². The number of carbonyl (C=O) groups excluding carboxylic acids is 3. The molecule has 1 heterocycles. The second-order valence-corrected chi connectivity index (χ2v) is 8.64. The molecule has 0 aliphatic carbocycles. The lowest BCUT2D eigenvalue weighted by atomic mass is 10.2. The van der Waals surface area contributed by atoms with Crippen molar-refractivity contribution in [3.63, 3.8) is 0 Å². The number of carbonyl (C=O) groups is 3. The van der Waals surface area contributed by atoms with E-state index in [0.717, 1.165) is 17.3 Å². The molecule has 0 saturated carbocycles. The lowest BCUT2D eigenvalue weighted by molar-refractivity contribution is -0.118. The third-order valence-electron chi connectivity index (χ3n) is 4.10. The van der Waals surface area contributed by atoms with Gasteiger partial charge in [0.25, 0.3) is 11.8 Å². The third kappa shape index (κ3) is 6.21. The Labute approximate surface area is 197 Å². The molecule has 0 fully saturated rings. The Balaban J connectivity index is 1.71. The molecule has 2 aromatic rings. The zero-order chi connectivity index (χ0) is 23.3. The molecule has 0 radical (unpaired) electrons. The van der Waals surface area contributed by atoms with E-state index in [0.29, 0.717) is 32.1 Å². The van der Waals surface area contributed by atoms with Crippen molar-refractivity contribution in [3.05, 3.63) is 56.9 Å². The smallest absolute Gasteiger partial charge is 0.286 e. The second kappa shape index (κ2) is 10.5. The maximum absolute atomic E-state index is 12.3. The van der Waals surface area contributed by atoms with Gasteiger partial charge in [-0.05, 0) is 76.1 Å². The molecule has 2 aromatic carbocycles. The van der Waals surface area contributed by atoms with Gasteiger partial charge in [0.2, 0.25) is 5.91 Å². The van der Waals surface area contributed by atoms with Crippen LogP contribution in [0.5, 0.6) is 11.5 Å². The molecule has 1 aliphatic heterocycles. The number of rotatable bonds is 6. The predicted octanol–water partition coefficient (Wildman–Crippen LogP) is 3.89. The first kappa shape index (κ1) is 23.6. The fraction of sp³-hybridized carbons (Fsp3) is 0.182. The number of amidine groups is 1. The molecule has 0 aromatic heterocycles. The highest BCUT2D eigenvalue weighted by atomic mass is 79.9. The second-order valence-electron chi connectivity index (χ2n) is 6.75. The number of aliphatic imine (C=N–C) groups is 1. The van der Waals surface area contributed by atoms with Crippen LogP contribution >= 0.6 is 27.7 Å². The van der Waals surface area contributed by atoms with E-state index in [2.05, 4.69) is 31.6 Å². The molecule has 0 saturated heterocycles. The number of benzene rings is 2. The Morgan fingerprint density at radius 3 is 2.69 bits per heavy atom. The normalized spacial score (nSPS) is 14.2. The average Bonchev–Trinajstić information content (AvgIpc) is 3.04. The summed E-state index contributed by atoms with van der Waals surface area (Å²) in [5.74, 6) is -0.321. The van der Waals surface area contributed by atoms with Gasteiger partial charge in [-0.2, -0.15) is 4.99 Å². The van der Waals surface area contributed by atoms with Gasteiger partial charge in [-0.3, -0.25) is 14.4 Å². The fourth-order valence-corrected chi connectivity index (χ4v) is 4.22. The summed E-state index contributed by atoms with van der Waals surface area (Å²) in [4.78, 5) is 39.7. The van der Waals surface area contributed by atoms with Crippen LogP contribution in [0.4, 0.5) is 5.69 Å². The summed E-state index contributed by atoms with van der Waals surface area (Å²) in [6.07, 6.45) is 1.63. The molecule has 8 nitrogen and oxygen atoms in total. The third-order valence-corrected chi connectivity index (χ3v) is 5.59. The highest BCUT2D eigenvalue weighted by molar-refractivity contribution is 9.10. The Kier molecular flexibility index (Phi) is 7.70. The Bertz CT molecular complexity index is 1150. The quantitative estimate of drug-likeness (QED) is 0.563. The number of nitrogens with one attached hydrogen (secondary N) is 2. The van der Waals surface area contributed by atoms with Gasteiger partial charge >= 0.3 is 0 Å². The van der Waals surface area contributed by atoms with Crippen molar-refractivity contribution in [2.24, 2.45) is 4.99 Å². The van der Waals surface area contributed by atoms with Gasteiger partial charge in [-0.25, -0.2) is 0 Å². The number of aryl methyl sites for hydroxylation is 1. The number of methoxy groups -OCH3 is 1. The van der Waals surface area contributed by atoms with Gasteiger partial charge in [-0.1, -0.05) is 12.1 Å². The maximum atomic E-state index is 12.3. The minimum Gasteiger partial charge on any atom is -0.493 e. The Morgan fingerprint density at radius 2 is 2.00 bits per heavy atom. The van der Waals surface area contributed by atoms with Gasteiger partial charge in [-0.15, -0.1) is 0 Å². The molecule has 3 rings (SSSR count). The van der Waals surface area contributed by atoms with Crippen molar-refractivity contribution in [2.75, 3.05) is 19.0 Å². The molecule has 0 spiro atoms. The topological polar surface area (TPSA) is 106 Å². The maximum Gasteiger partial charge on any atom is 0.286 e. The molecular weight excluding hydrogens is 498 g/mol. The van der Waals surface area contributed by atoms with Crippen LogP contribution in [0.15, 0.2) is 50.8 Å². The van der Waals surface area contributed by atoms with E-state index in [4.69, 9.17) is 9.47 Å². The van der Waals surface area contributed by atoms with Gasteiger partial charge < -0.3 is 20.1 Å². The van der Waals surface area contributed by atoms with Crippen molar-refractivity contribution in [1.29, 1.82) is 0 Å². The summed E-state index contributed by atoms with van der Waals surface area (Å²) in [6.45, 7) is 3.07. The lowest BCUT2D eigenvalue weighted by Gasteiger charge is -2.14. The molecule has 32 heavy (non-hydrogen) atoms. The van der Waals surface area contributed by atoms with E-state index in [1.165, 1.54) is 14.0 Å². The summed E-state index contributed by atoms with van der Waals surface area (Å²) in [5.41, 5.74) is 2.37. The van der Waals surface area contributed by atoms with Crippen LogP contribution in [0.3, 0.4) is 0 Å². The molecule has 2 N–H and O–H groups in total. The zero-order valence-corrected chi connectivity index (χ0v) is 19.9. The first-order chi connectivity index (χ1) is 15.2. The predicted molar refractivity (Wildman–Crippen MR) is 128 cm³/mol. The molecular formula is C22H20BrN3O5S. The van der Waals surface area contributed by atoms with E-state index in [9.17, 15) is 14.4 Å². The molecule has 0 atom stereocenters. The number of amides is 3. The summed E-state index contributed by atoms with van der Waals surface area (Å²) in [6, 6.07) is 10.9. The molecule has 0 unspecified atom stereocenters. The van der Waals surface area contributed by atoms with E-state index in [-0.39, 0.29) is 23.6 Å². The number of nitrogens with zero attached hydrogens (tertiary/aromatic N) is 1. The van der Waals surface area contributed by atoms with Crippen molar-refractivity contribution in [2.45, 2.75) is 13.8 Å². The minimum absolute atomic E-state index is 0.217. The molecule has 10 heteroatoms. The summed E-state index contributed by atoms with van der Waals surface area (Å²) in [5, 5.41) is 5.51. The Hall–Kier alpha value is -3.11. The van der Waals surface area contributed by atoms with Gasteiger partial charge in [0, 0.05) is 12.6 Å². The monoisotopic (exact) mass is 517 g/mol. The number of halogens is 1. The van der Waals surface area contributed by atoms with Crippen LogP contribution < -0.4 is 20.1 Å². The van der Waals surface area contributed by atoms with E-state index in [1.54, 1.807) is 24.3 Å². The number of ether oxygens (including phenoxy) is 2. The average molecular weight is 518 g/mol. The van der Waals surface area contributed by atoms with Crippen molar-refractivity contribution >= 4 is 62.3 Å². The van der Waals surface area contributed by atoms with Gasteiger partial charge in [0.05, 0.1) is 16.5 Å². The van der Waals surface area contributed by atoms with E-state index < -0.39 is 5.91 Å².